The van der Waals surface area contributed by atoms with Crippen LogP contribution in [-0.4, -0.2) is 21.1 Å². The SMILES string of the molecule is Cc1cc(C)cc(C(=O)CC(=O)c2nccn2C)c1. The Kier molecular flexibility index (Phi) is 3.60. The molecule has 0 radical (unpaired) electrons. The van der Waals surface area contributed by atoms with Crippen LogP contribution >= 0.6 is 0 Å². The lowest BCUT2D eigenvalue weighted by molar-refractivity contribution is 0.0886. The summed E-state index contributed by atoms with van der Waals surface area (Å²) in [7, 11) is 1.74. The van der Waals surface area contributed by atoms with Crippen molar-refractivity contribution in [3.63, 3.8) is 0 Å². The Morgan fingerprint density at radius 3 is 2.26 bits per heavy atom. The van der Waals surface area contributed by atoms with Crippen molar-refractivity contribution in [1.82, 2.24) is 9.55 Å². The second-order valence-electron chi connectivity index (χ2n) is 4.76. The van der Waals surface area contributed by atoms with Gasteiger partial charge in [0.15, 0.2) is 11.6 Å². The smallest absolute Gasteiger partial charge is 0.205 e. The molecule has 1 aromatic carbocycles. The normalized spacial score (nSPS) is 10.5. The number of benzene rings is 1. The quantitative estimate of drug-likeness (QED) is 0.624. The van der Waals surface area contributed by atoms with Gasteiger partial charge in [-0.05, 0) is 26.0 Å². The summed E-state index contributed by atoms with van der Waals surface area (Å²) in [5.74, 6) is -0.103. The van der Waals surface area contributed by atoms with Crippen LogP contribution in [0.3, 0.4) is 0 Å². The Balaban J connectivity index is 2.17. The first-order chi connectivity index (χ1) is 8.97. The number of ketones is 2. The van der Waals surface area contributed by atoms with Gasteiger partial charge >= 0.3 is 0 Å². The standard InChI is InChI=1S/C15H16N2O2/c1-10-6-11(2)8-12(7-10)13(18)9-14(19)15-16-4-5-17(15)3/h4-8H,9H2,1-3H3. The minimum absolute atomic E-state index is 0.145. The molecule has 98 valence electrons. The van der Waals surface area contributed by atoms with Crippen molar-refractivity contribution in [2.75, 3.05) is 0 Å². The molecule has 4 nitrogen and oxygen atoms in total. The van der Waals surface area contributed by atoms with Crippen molar-refractivity contribution in [3.8, 4) is 0 Å². The zero-order chi connectivity index (χ0) is 14.0. The Morgan fingerprint density at radius 1 is 1.11 bits per heavy atom. The van der Waals surface area contributed by atoms with Crippen LogP contribution in [0.25, 0.3) is 0 Å². The third kappa shape index (κ3) is 2.96. The summed E-state index contributed by atoms with van der Waals surface area (Å²) in [6.45, 7) is 3.87. The first-order valence-electron chi connectivity index (χ1n) is 6.09. The van der Waals surface area contributed by atoms with Crippen LogP contribution in [0.1, 0.15) is 38.5 Å². The van der Waals surface area contributed by atoms with E-state index < -0.39 is 0 Å². The van der Waals surface area contributed by atoms with Crippen LogP contribution in [0, 0.1) is 13.8 Å². The average Bonchev–Trinajstić information content (AvgIpc) is 2.74. The van der Waals surface area contributed by atoms with E-state index in [0.29, 0.717) is 11.4 Å². The molecular formula is C15H16N2O2. The molecule has 2 aromatic rings. The predicted octanol–water partition coefficient (Wildman–Crippen LogP) is 2.49. The second kappa shape index (κ2) is 5.18. The highest BCUT2D eigenvalue weighted by Crippen LogP contribution is 2.12. The first-order valence-corrected chi connectivity index (χ1v) is 6.09. The van der Waals surface area contributed by atoms with E-state index in [-0.39, 0.29) is 18.0 Å². The van der Waals surface area contributed by atoms with Gasteiger partial charge in [-0.25, -0.2) is 4.98 Å². The monoisotopic (exact) mass is 256 g/mol. The molecule has 0 aliphatic heterocycles. The maximum atomic E-state index is 12.1. The number of carbonyl (C=O) groups is 2. The molecule has 0 saturated carbocycles. The molecule has 0 aliphatic rings. The molecule has 2 rings (SSSR count). The van der Waals surface area contributed by atoms with Crippen LogP contribution in [0.5, 0.6) is 0 Å². The fraction of sp³-hybridized carbons (Fsp3) is 0.267. The van der Waals surface area contributed by atoms with Gasteiger partial charge in [-0.2, -0.15) is 0 Å². The molecule has 0 atom stereocenters. The van der Waals surface area contributed by atoms with E-state index in [9.17, 15) is 9.59 Å². The van der Waals surface area contributed by atoms with Crippen molar-refractivity contribution in [2.45, 2.75) is 20.3 Å². The zero-order valence-corrected chi connectivity index (χ0v) is 11.3. The molecular weight excluding hydrogens is 240 g/mol. The Morgan fingerprint density at radius 2 is 1.74 bits per heavy atom. The van der Waals surface area contributed by atoms with Gasteiger partial charge in [0.05, 0.1) is 6.42 Å². The molecule has 0 aliphatic carbocycles. The van der Waals surface area contributed by atoms with E-state index >= 15 is 0 Å². The molecule has 1 heterocycles. The van der Waals surface area contributed by atoms with E-state index in [2.05, 4.69) is 4.98 Å². The summed E-state index contributed by atoms with van der Waals surface area (Å²) in [5, 5.41) is 0. The van der Waals surface area contributed by atoms with Gasteiger partial charge < -0.3 is 4.57 Å². The molecule has 4 heteroatoms. The molecule has 0 unspecified atom stereocenters. The van der Waals surface area contributed by atoms with Gasteiger partial charge in [0, 0.05) is 25.0 Å². The fourth-order valence-electron chi connectivity index (χ4n) is 2.10. The number of hydrogen-bond donors (Lipinski definition) is 0. The highest BCUT2D eigenvalue weighted by Gasteiger charge is 2.17. The van der Waals surface area contributed by atoms with Crippen molar-refractivity contribution >= 4 is 11.6 Å². The highest BCUT2D eigenvalue weighted by atomic mass is 16.1. The van der Waals surface area contributed by atoms with Gasteiger partial charge in [-0.1, -0.05) is 17.2 Å². The number of aromatic nitrogens is 2. The highest BCUT2D eigenvalue weighted by molar-refractivity contribution is 6.12. The summed E-state index contributed by atoms with van der Waals surface area (Å²) in [6, 6.07) is 5.61. The van der Waals surface area contributed by atoms with Gasteiger partial charge in [0.1, 0.15) is 0 Å². The maximum Gasteiger partial charge on any atom is 0.205 e. The van der Waals surface area contributed by atoms with Crippen LogP contribution in [0.15, 0.2) is 30.6 Å². The summed E-state index contributed by atoms with van der Waals surface area (Å²) < 4.78 is 1.62. The van der Waals surface area contributed by atoms with Crippen LogP contribution in [0.4, 0.5) is 0 Å². The molecule has 0 bridgehead atoms. The number of carbonyl (C=O) groups excluding carboxylic acids is 2. The predicted molar refractivity (Wildman–Crippen MR) is 72.4 cm³/mol. The Labute approximate surface area is 112 Å². The number of hydrogen-bond acceptors (Lipinski definition) is 3. The second-order valence-corrected chi connectivity index (χ2v) is 4.76. The van der Waals surface area contributed by atoms with Crippen LogP contribution in [-0.2, 0) is 7.05 Å². The van der Waals surface area contributed by atoms with Gasteiger partial charge in [-0.3, -0.25) is 9.59 Å². The minimum atomic E-state index is -0.253. The van der Waals surface area contributed by atoms with Crippen molar-refractivity contribution < 1.29 is 9.59 Å². The van der Waals surface area contributed by atoms with Gasteiger partial charge in [0.25, 0.3) is 0 Å². The fourth-order valence-corrected chi connectivity index (χ4v) is 2.10. The minimum Gasteiger partial charge on any atom is -0.332 e. The summed E-state index contributed by atoms with van der Waals surface area (Å²) in [6.07, 6.45) is 3.09. The van der Waals surface area contributed by atoms with E-state index in [1.165, 1.54) is 0 Å². The number of Topliss-reactive ketones (excluding diaryl/α,β-unsaturated/α-hetero) is 2. The third-order valence-corrected chi connectivity index (χ3v) is 2.94. The van der Waals surface area contributed by atoms with E-state index in [1.807, 2.05) is 19.9 Å². The summed E-state index contributed by atoms with van der Waals surface area (Å²) in [4.78, 5) is 28.0. The van der Waals surface area contributed by atoms with E-state index in [4.69, 9.17) is 0 Å². The Hall–Kier alpha value is -2.23. The number of nitrogens with zero attached hydrogens (tertiary/aromatic N) is 2. The summed E-state index contributed by atoms with van der Waals surface area (Å²) in [5.41, 5.74) is 2.63. The van der Waals surface area contributed by atoms with Crippen molar-refractivity contribution in [3.05, 3.63) is 53.1 Å². The van der Waals surface area contributed by atoms with Crippen LogP contribution in [0.2, 0.25) is 0 Å². The lowest BCUT2D eigenvalue weighted by Crippen LogP contribution is -2.13. The maximum absolute atomic E-state index is 12.1. The number of aryl methyl sites for hydroxylation is 3. The third-order valence-electron chi connectivity index (χ3n) is 2.94. The van der Waals surface area contributed by atoms with E-state index in [1.54, 1.807) is 36.1 Å². The lowest BCUT2D eigenvalue weighted by atomic mass is 10.0. The Bertz CT molecular complexity index is 621. The summed E-state index contributed by atoms with van der Waals surface area (Å²) >= 11 is 0. The molecule has 0 N–H and O–H groups in total. The molecule has 0 fully saturated rings. The topological polar surface area (TPSA) is 52.0 Å². The van der Waals surface area contributed by atoms with Gasteiger partial charge in [-0.15, -0.1) is 0 Å². The molecule has 19 heavy (non-hydrogen) atoms. The first kappa shape index (κ1) is 13.2. The van der Waals surface area contributed by atoms with Crippen LogP contribution < -0.4 is 0 Å². The van der Waals surface area contributed by atoms with Crippen molar-refractivity contribution in [1.29, 1.82) is 0 Å². The number of imidazole rings is 1. The average molecular weight is 256 g/mol. The van der Waals surface area contributed by atoms with Gasteiger partial charge in [0.2, 0.25) is 5.78 Å². The molecule has 0 amide bonds. The lowest BCUT2D eigenvalue weighted by Gasteiger charge is -2.04. The van der Waals surface area contributed by atoms with Crippen molar-refractivity contribution in [2.24, 2.45) is 7.05 Å². The zero-order valence-electron chi connectivity index (χ0n) is 11.3. The molecule has 1 aromatic heterocycles. The largest absolute Gasteiger partial charge is 0.332 e. The van der Waals surface area contributed by atoms with E-state index in [0.717, 1.165) is 11.1 Å². The molecule has 0 saturated heterocycles. The number of rotatable bonds is 4. The molecule has 0 spiro atoms.